The zero-order chi connectivity index (χ0) is 16.0. The Labute approximate surface area is 132 Å². The largest absolute Gasteiger partial charge is 0.390 e. The SMILES string of the molecule is C[C@@H](/C=C\C[C@H](O)[C@@H]1COC(C)(C)O1)OCc1ccccc1. The highest BCUT2D eigenvalue weighted by molar-refractivity contribution is 5.13. The van der Waals surface area contributed by atoms with E-state index in [1.807, 2.05) is 63.3 Å². The summed E-state index contributed by atoms with van der Waals surface area (Å²) < 4.78 is 16.8. The number of rotatable bonds is 7. The Balaban J connectivity index is 1.68. The second-order valence-electron chi connectivity index (χ2n) is 6.10. The molecule has 0 unspecified atom stereocenters. The lowest BCUT2D eigenvalue weighted by molar-refractivity contribution is -0.150. The van der Waals surface area contributed by atoms with Gasteiger partial charge in [-0.3, -0.25) is 0 Å². The van der Waals surface area contributed by atoms with E-state index in [2.05, 4.69) is 0 Å². The molecule has 22 heavy (non-hydrogen) atoms. The molecule has 2 rings (SSSR count). The molecule has 1 fully saturated rings. The molecule has 1 heterocycles. The van der Waals surface area contributed by atoms with Gasteiger partial charge in [0.1, 0.15) is 6.10 Å². The van der Waals surface area contributed by atoms with Crippen LogP contribution in [-0.4, -0.2) is 35.8 Å². The summed E-state index contributed by atoms with van der Waals surface area (Å²) in [6, 6.07) is 10.1. The minimum atomic E-state index is -0.596. The average Bonchev–Trinajstić information content (AvgIpc) is 2.86. The fraction of sp³-hybridized carbons (Fsp3) is 0.556. The number of aliphatic hydroxyl groups excluding tert-OH is 1. The van der Waals surface area contributed by atoms with Crippen LogP contribution >= 0.6 is 0 Å². The summed E-state index contributed by atoms with van der Waals surface area (Å²) in [4.78, 5) is 0. The first kappa shape index (κ1) is 17.2. The van der Waals surface area contributed by atoms with Crippen molar-refractivity contribution < 1.29 is 19.3 Å². The highest BCUT2D eigenvalue weighted by atomic mass is 16.7. The van der Waals surface area contributed by atoms with Crippen LogP contribution in [0.1, 0.15) is 32.8 Å². The molecule has 1 aliphatic heterocycles. The lowest BCUT2D eigenvalue weighted by Crippen LogP contribution is -2.30. The van der Waals surface area contributed by atoms with Gasteiger partial charge in [0.25, 0.3) is 0 Å². The third-order valence-electron chi connectivity index (χ3n) is 3.60. The van der Waals surface area contributed by atoms with Gasteiger partial charge in [0, 0.05) is 0 Å². The molecule has 0 amide bonds. The van der Waals surface area contributed by atoms with Crippen LogP contribution in [0.25, 0.3) is 0 Å². The summed E-state index contributed by atoms with van der Waals surface area (Å²) in [6.07, 6.45) is 3.62. The topological polar surface area (TPSA) is 47.9 Å². The Bertz CT molecular complexity index is 469. The van der Waals surface area contributed by atoms with Crippen LogP contribution in [0.3, 0.4) is 0 Å². The van der Waals surface area contributed by atoms with Crippen LogP contribution in [-0.2, 0) is 20.8 Å². The van der Waals surface area contributed by atoms with E-state index in [0.29, 0.717) is 19.6 Å². The minimum Gasteiger partial charge on any atom is -0.390 e. The fourth-order valence-electron chi connectivity index (χ4n) is 2.32. The van der Waals surface area contributed by atoms with Gasteiger partial charge in [-0.25, -0.2) is 0 Å². The molecule has 4 nitrogen and oxygen atoms in total. The van der Waals surface area contributed by atoms with Crippen molar-refractivity contribution in [1.82, 2.24) is 0 Å². The zero-order valence-corrected chi connectivity index (χ0v) is 13.6. The maximum absolute atomic E-state index is 10.1. The highest BCUT2D eigenvalue weighted by Gasteiger charge is 2.36. The van der Waals surface area contributed by atoms with E-state index in [-0.39, 0.29) is 12.2 Å². The van der Waals surface area contributed by atoms with Crippen molar-refractivity contribution in [1.29, 1.82) is 0 Å². The number of ether oxygens (including phenoxy) is 3. The van der Waals surface area contributed by atoms with Crippen molar-refractivity contribution in [2.75, 3.05) is 6.61 Å². The van der Waals surface area contributed by atoms with Crippen molar-refractivity contribution in [3.63, 3.8) is 0 Å². The van der Waals surface area contributed by atoms with Gasteiger partial charge < -0.3 is 19.3 Å². The monoisotopic (exact) mass is 306 g/mol. The highest BCUT2D eigenvalue weighted by Crippen LogP contribution is 2.25. The Kier molecular flexibility index (Phi) is 6.15. The summed E-state index contributed by atoms with van der Waals surface area (Å²) in [7, 11) is 0. The van der Waals surface area contributed by atoms with Gasteiger partial charge in [0.15, 0.2) is 5.79 Å². The molecule has 1 aromatic carbocycles. The number of hydrogen-bond acceptors (Lipinski definition) is 4. The third-order valence-corrected chi connectivity index (χ3v) is 3.60. The molecule has 122 valence electrons. The van der Waals surface area contributed by atoms with E-state index in [4.69, 9.17) is 14.2 Å². The molecule has 0 bridgehead atoms. The Morgan fingerprint density at radius 2 is 2.09 bits per heavy atom. The molecule has 1 aliphatic rings. The van der Waals surface area contributed by atoms with E-state index in [1.165, 1.54) is 0 Å². The standard InChI is InChI=1S/C18H26O4/c1-14(20-12-15-9-5-4-6-10-15)8-7-11-16(19)17-13-21-18(2,3)22-17/h4-10,14,16-17,19H,11-13H2,1-3H3/b8-7-/t14-,16-,17-/m0/s1. The third kappa shape index (κ3) is 5.54. The van der Waals surface area contributed by atoms with Crippen molar-refractivity contribution in [3.8, 4) is 0 Å². The first-order valence-corrected chi connectivity index (χ1v) is 7.78. The van der Waals surface area contributed by atoms with Crippen molar-refractivity contribution >= 4 is 0 Å². The fourth-order valence-corrected chi connectivity index (χ4v) is 2.32. The lowest BCUT2D eigenvalue weighted by atomic mass is 10.1. The van der Waals surface area contributed by atoms with Gasteiger partial charge in [0.05, 0.1) is 25.4 Å². The maximum Gasteiger partial charge on any atom is 0.163 e. The number of aliphatic hydroxyl groups is 1. The quantitative estimate of drug-likeness (QED) is 0.787. The summed E-state index contributed by atoms with van der Waals surface area (Å²) in [5, 5.41) is 10.1. The predicted molar refractivity (Wildman–Crippen MR) is 85.4 cm³/mol. The van der Waals surface area contributed by atoms with Crippen LogP contribution in [0.15, 0.2) is 42.5 Å². The van der Waals surface area contributed by atoms with E-state index >= 15 is 0 Å². The smallest absolute Gasteiger partial charge is 0.163 e. The van der Waals surface area contributed by atoms with Crippen molar-refractivity contribution in [2.24, 2.45) is 0 Å². The van der Waals surface area contributed by atoms with Gasteiger partial charge in [-0.05, 0) is 32.8 Å². The van der Waals surface area contributed by atoms with Gasteiger partial charge in [-0.2, -0.15) is 0 Å². The molecule has 3 atom stereocenters. The van der Waals surface area contributed by atoms with Crippen LogP contribution in [0.2, 0.25) is 0 Å². The second kappa shape index (κ2) is 7.88. The van der Waals surface area contributed by atoms with Crippen molar-refractivity contribution in [2.45, 2.75) is 57.9 Å². The molecule has 0 spiro atoms. The first-order chi connectivity index (χ1) is 10.5. The molecule has 4 heteroatoms. The van der Waals surface area contributed by atoms with E-state index in [9.17, 15) is 5.11 Å². The summed E-state index contributed by atoms with van der Waals surface area (Å²) in [6.45, 7) is 6.72. The summed E-state index contributed by atoms with van der Waals surface area (Å²) in [5.74, 6) is -0.596. The zero-order valence-electron chi connectivity index (χ0n) is 13.6. The molecule has 0 aromatic heterocycles. The lowest BCUT2D eigenvalue weighted by Gasteiger charge is -2.19. The molecule has 1 N–H and O–H groups in total. The normalized spacial score (nSPS) is 23.7. The molecule has 1 aromatic rings. The summed E-state index contributed by atoms with van der Waals surface area (Å²) >= 11 is 0. The van der Waals surface area contributed by atoms with Crippen LogP contribution in [0.4, 0.5) is 0 Å². The average molecular weight is 306 g/mol. The molecular formula is C18H26O4. The molecular weight excluding hydrogens is 280 g/mol. The van der Waals surface area contributed by atoms with Crippen molar-refractivity contribution in [3.05, 3.63) is 48.0 Å². The second-order valence-corrected chi connectivity index (χ2v) is 6.10. The van der Waals surface area contributed by atoms with Gasteiger partial charge >= 0.3 is 0 Å². The molecule has 0 aliphatic carbocycles. The van der Waals surface area contributed by atoms with Crippen LogP contribution in [0.5, 0.6) is 0 Å². The molecule has 0 saturated carbocycles. The minimum absolute atomic E-state index is 0.00425. The van der Waals surface area contributed by atoms with E-state index < -0.39 is 11.9 Å². The predicted octanol–water partition coefficient (Wildman–Crippen LogP) is 3.05. The number of hydrogen-bond donors (Lipinski definition) is 1. The Hall–Kier alpha value is -1.20. The first-order valence-electron chi connectivity index (χ1n) is 7.78. The van der Waals surface area contributed by atoms with Crippen LogP contribution in [0, 0.1) is 0 Å². The Morgan fingerprint density at radius 1 is 1.36 bits per heavy atom. The van der Waals surface area contributed by atoms with Gasteiger partial charge in [-0.1, -0.05) is 42.5 Å². The maximum atomic E-state index is 10.1. The Morgan fingerprint density at radius 3 is 2.73 bits per heavy atom. The van der Waals surface area contributed by atoms with Crippen LogP contribution < -0.4 is 0 Å². The van der Waals surface area contributed by atoms with E-state index in [0.717, 1.165) is 5.56 Å². The van der Waals surface area contributed by atoms with Gasteiger partial charge in [-0.15, -0.1) is 0 Å². The number of benzene rings is 1. The van der Waals surface area contributed by atoms with E-state index in [1.54, 1.807) is 0 Å². The molecule has 0 radical (unpaired) electrons. The summed E-state index contributed by atoms with van der Waals surface area (Å²) in [5.41, 5.74) is 1.15. The van der Waals surface area contributed by atoms with Gasteiger partial charge in [0.2, 0.25) is 0 Å². The molecule has 1 saturated heterocycles.